The quantitative estimate of drug-likeness (QED) is 0.884. The number of nitrogens with zero attached hydrogens (tertiary/aromatic N) is 2. The van der Waals surface area contributed by atoms with Crippen molar-refractivity contribution in [3.05, 3.63) is 46.6 Å². The van der Waals surface area contributed by atoms with Crippen LogP contribution in [0.5, 0.6) is 0 Å². The Bertz CT molecular complexity index is 538. The molecular weight excluding hydrogens is 274 g/mol. The van der Waals surface area contributed by atoms with Crippen LogP contribution < -0.4 is 5.32 Å². The van der Waals surface area contributed by atoms with Gasteiger partial charge in [-0.25, -0.2) is 0 Å². The van der Waals surface area contributed by atoms with Crippen LogP contribution in [0.4, 0.5) is 0 Å². The Morgan fingerprint density at radius 2 is 1.95 bits per heavy atom. The lowest BCUT2D eigenvalue weighted by molar-refractivity contribution is 0.324. The van der Waals surface area contributed by atoms with E-state index < -0.39 is 0 Å². The lowest BCUT2D eigenvalue weighted by Gasteiger charge is -2.17. The van der Waals surface area contributed by atoms with Gasteiger partial charge < -0.3 is 9.84 Å². The molecule has 0 amide bonds. The molecule has 0 bridgehead atoms. The van der Waals surface area contributed by atoms with Crippen molar-refractivity contribution in [3.63, 3.8) is 0 Å². The van der Waals surface area contributed by atoms with Crippen LogP contribution >= 0.6 is 11.6 Å². The van der Waals surface area contributed by atoms with E-state index in [0.717, 1.165) is 23.7 Å². The number of hydrogen-bond donors (Lipinski definition) is 1. The largest absolute Gasteiger partial charge is 0.338 e. The van der Waals surface area contributed by atoms with Gasteiger partial charge in [0.1, 0.15) is 0 Å². The monoisotopic (exact) mass is 293 g/mol. The van der Waals surface area contributed by atoms with Gasteiger partial charge in [-0.05, 0) is 38.0 Å². The Morgan fingerprint density at radius 3 is 2.55 bits per heavy atom. The number of aromatic nitrogens is 2. The molecular formula is C15H20ClN3O. The van der Waals surface area contributed by atoms with Crippen LogP contribution in [0, 0.1) is 0 Å². The Hall–Kier alpha value is -1.39. The van der Waals surface area contributed by atoms with Crippen LogP contribution in [0.3, 0.4) is 0 Å². The summed E-state index contributed by atoms with van der Waals surface area (Å²) in [5.41, 5.74) is 1.25. The topological polar surface area (TPSA) is 51.0 Å². The molecule has 0 aliphatic heterocycles. The lowest BCUT2D eigenvalue weighted by Crippen LogP contribution is -2.30. The molecule has 0 saturated carbocycles. The lowest BCUT2D eigenvalue weighted by atomic mass is 10.1. The number of halogens is 1. The fourth-order valence-corrected chi connectivity index (χ4v) is 2.24. The highest BCUT2D eigenvalue weighted by atomic mass is 35.5. The van der Waals surface area contributed by atoms with Gasteiger partial charge in [0.25, 0.3) is 0 Å². The van der Waals surface area contributed by atoms with Crippen LogP contribution in [0.15, 0.2) is 28.8 Å². The maximum Gasteiger partial charge on any atom is 0.243 e. The fraction of sp³-hybridized carbons (Fsp3) is 0.467. The van der Waals surface area contributed by atoms with Gasteiger partial charge in [-0.2, -0.15) is 4.98 Å². The average Bonchev–Trinajstić information content (AvgIpc) is 2.90. The van der Waals surface area contributed by atoms with Gasteiger partial charge in [-0.3, -0.25) is 0 Å². The zero-order chi connectivity index (χ0) is 14.5. The number of hydrogen-bond acceptors (Lipinski definition) is 4. The molecule has 0 aliphatic carbocycles. The van der Waals surface area contributed by atoms with E-state index in [4.69, 9.17) is 16.1 Å². The Balaban J connectivity index is 1.90. The Labute approximate surface area is 124 Å². The molecule has 1 aromatic heterocycles. The van der Waals surface area contributed by atoms with E-state index in [1.807, 2.05) is 38.1 Å². The molecule has 4 nitrogen and oxygen atoms in total. The van der Waals surface area contributed by atoms with Crippen LogP contribution in [0.25, 0.3) is 0 Å². The average molecular weight is 294 g/mol. The molecule has 0 unspecified atom stereocenters. The summed E-state index contributed by atoms with van der Waals surface area (Å²) in [6.45, 7) is 6.18. The molecule has 20 heavy (non-hydrogen) atoms. The van der Waals surface area contributed by atoms with Crippen LogP contribution in [-0.4, -0.2) is 16.2 Å². The van der Waals surface area contributed by atoms with E-state index in [9.17, 15) is 0 Å². The highest BCUT2D eigenvalue weighted by Gasteiger charge is 2.16. The van der Waals surface area contributed by atoms with Crippen LogP contribution in [0.1, 0.15) is 44.1 Å². The first kappa shape index (κ1) is 15.0. The molecule has 2 aromatic rings. The van der Waals surface area contributed by atoms with Gasteiger partial charge in [-0.15, -0.1) is 0 Å². The highest BCUT2D eigenvalue weighted by molar-refractivity contribution is 6.30. The normalized spacial score (nSPS) is 14.2. The molecule has 1 aromatic carbocycles. The van der Waals surface area contributed by atoms with Gasteiger partial charge in [0, 0.05) is 17.5 Å². The molecule has 0 radical (unpaired) electrons. The summed E-state index contributed by atoms with van der Waals surface area (Å²) in [6, 6.07) is 8.28. The minimum Gasteiger partial charge on any atom is -0.338 e. The van der Waals surface area contributed by atoms with Crippen LogP contribution in [0.2, 0.25) is 5.02 Å². The molecule has 0 saturated heterocycles. The summed E-state index contributed by atoms with van der Waals surface area (Å²) < 4.78 is 5.24. The van der Waals surface area contributed by atoms with Gasteiger partial charge in [0.05, 0.1) is 6.04 Å². The molecule has 0 spiro atoms. The first-order valence-corrected chi connectivity index (χ1v) is 7.29. The molecule has 0 fully saturated rings. The standard InChI is InChI=1S/C15H20ClN3O/c1-4-14-18-15(20-19-14)11(3)17-10(2)9-12-5-7-13(16)8-6-12/h5-8,10-11,17H,4,9H2,1-3H3/t10-,11-/m0/s1. The first-order valence-electron chi connectivity index (χ1n) is 6.91. The third-order valence-corrected chi connectivity index (χ3v) is 3.41. The summed E-state index contributed by atoms with van der Waals surface area (Å²) >= 11 is 5.89. The summed E-state index contributed by atoms with van der Waals surface area (Å²) in [5, 5.41) is 8.15. The smallest absolute Gasteiger partial charge is 0.243 e. The minimum absolute atomic E-state index is 0.0464. The third-order valence-electron chi connectivity index (χ3n) is 3.16. The molecule has 0 aliphatic rings. The van der Waals surface area contributed by atoms with Crippen LogP contribution in [-0.2, 0) is 12.8 Å². The van der Waals surface area contributed by atoms with E-state index in [2.05, 4.69) is 22.4 Å². The molecule has 1 N–H and O–H groups in total. The van der Waals surface area contributed by atoms with E-state index in [1.54, 1.807) is 0 Å². The van der Waals surface area contributed by atoms with Gasteiger partial charge >= 0.3 is 0 Å². The predicted molar refractivity (Wildman–Crippen MR) is 79.8 cm³/mol. The number of benzene rings is 1. The molecule has 2 rings (SSSR count). The van der Waals surface area contributed by atoms with Crippen molar-refractivity contribution in [1.82, 2.24) is 15.5 Å². The van der Waals surface area contributed by atoms with Crippen molar-refractivity contribution in [2.75, 3.05) is 0 Å². The van der Waals surface area contributed by atoms with Crippen molar-refractivity contribution in [2.24, 2.45) is 0 Å². The molecule has 2 atom stereocenters. The summed E-state index contributed by atoms with van der Waals surface area (Å²) in [7, 11) is 0. The van der Waals surface area contributed by atoms with Gasteiger partial charge in [-0.1, -0.05) is 35.8 Å². The number of rotatable bonds is 6. The molecule has 5 heteroatoms. The maximum absolute atomic E-state index is 5.89. The van der Waals surface area contributed by atoms with Crippen molar-refractivity contribution >= 4 is 11.6 Å². The Morgan fingerprint density at radius 1 is 1.25 bits per heavy atom. The Kier molecular flexibility index (Phi) is 5.15. The van der Waals surface area contributed by atoms with Crippen molar-refractivity contribution in [1.29, 1.82) is 0 Å². The second kappa shape index (κ2) is 6.86. The summed E-state index contributed by atoms with van der Waals surface area (Å²) in [6.07, 6.45) is 1.72. The zero-order valence-corrected chi connectivity index (χ0v) is 12.8. The first-order chi connectivity index (χ1) is 9.58. The third kappa shape index (κ3) is 4.05. The summed E-state index contributed by atoms with van der Waals surface area (Å²) in [4.78, 5) is 4.34. The van der Waals surface area contributed by atoms with Crippen molar-refractivity contribution in [3.8, 4) is 0 Å². The summed E-state index contributed by atoms with van der Waals surface area (Å²) in [5.74, 6) is 1.39. The van der Waals surface area contributed by atoms with E-state index in [-0.39, 0.29) is 6.04 Å². The van der Waals surface area contributed by atoms with E-state index >= 15 is 0 Å². The predicted octanol–water partition coefficient (Wildman–Crippen LogP) is 3.57. The van der Waals surface area contributed by atoms with E-state index in [1.165, 1.54) is 5.56 Å². The second-order valence-corrected chi connectivity index (χ2v) is 5.46. The van der Waals surface area contributed by atoms with Gasteiger partial charge in [0.15, 0.2) is 5.82 Å². The van der Waals surface area contributed by atoms with E-state index in [0.29, 0.717) is 11.9 Å². The molecule has 108 valence electrons. The van der Waals surface area contributed by atoms with Gasteiger partial charge in [0.2, 0.25) is 5.89 Å². The molecule has 1 heterocycles. The SMILES string of the molecule is CCc1noc([C@H](C)N[C@@H](C)Cc2ccc(Cl)cc2)n1. The fourth-order valence-electron chi connectivity index (χ4n) is 2.12. The minimum atomic E-state index is 0.0464. The highest BCUT2D eigenvalue weighted by Crippen LogP contribution is 2.14. The van der Waals surface area contributed by atoms with Crippen molar-refractivity contribution < 1.29 is 4.52 Å². The maximum atomic E-state index is 5.89. The number of aryl methyl sites for hydroxylation is 1. The zero-order valence-electron chi connectivity index (χ0n) is 12.1. The van der Waals surface area contributed by atoms with Crippen molar-refractivity contribution in [2.45, 2.75) is 45.7 Å². The second-order valence-electron chi connectivity index (χ2n) is 5.02. The number of nitrogens with one attached hydrogen (secondary N) is 1.